The molecule has 0 N–H and O–H groups in total. The fourth-order valence-electron chi connectivity index (χ4n) is 5.83. The molecule has 4 rings (SSSR count). The Balaban J connectivity index is 1.86. The molecule has 148 valence electrons. The SMILES string of the molecule is CO/C(=C1\C2CCCC1C1=C(CCCC1)C2)c1ccc(C#N)c(C(C)(C)C)c1. The third kappa shape index (κ3) is 3.30. The summed E-state index contributed by atoms with van der Waals surface area (Å²) in [7, 11) is 1.83. The molecular formula is C26H33NO. The first-order chi connectivity index (χ1) is 13.4. The van der Waals surface area contributed by atoms with Crippen molar-refractivity contribution in [2.75, 3.05) is 7.11 Å². The van der Waals surface area contributed by atoms with Gasteiger partial charge >= 0.3 is 0 Å². The molecule has 2 unspecified atom stereocenters. The monoisotopic (exact) mass is 375 g/mol. The topological polar surface area (TPSA) is 33.0 Å². The summed E-state index contributed by atoms with van der Waals surface area (Å²) in [6, 6.07) is 8.67. The van der Waals surface area contributed by atoms with E-state index >= 15 is 0 Å². The normalized spacial score (nSPS) is 26.4. The van der Waals surface area contributed by atoms with E-state index < -0.39 is 0 Å². The summed E-state index contributed by atoms with van der Waals surface area (Å²) in [4.78, 5) is 0. The van der Waals surface area contributed by atoms with E-state index in [0.717, 1.165) is 22.4 Å². The second kappa shape index (κ2) is 7.43. The summed E-state index contributed by atoms with van der Waals surface area (Å²) in [5.41, 5.74) is 8.05. The van der Waals surface area contributed by atoms with Gasteiger partial charge in [0.1, 0.15) is 5.76 Å². The van der Waals surface area contributed by atoms with E-state index in [1.807, 2.05) is 13.2 Å². The molecule has 0 saturated heterocycles. The summed E-state index contributed by atoms with van der Waals surface area (Å²) in [6.45, 7) is 6.54. The Morgan fingerprint density at radius 3 is 2.61 bits per heavy atom. The Morgan fingerprint density at radius 2 is 1.89 bits per heavy atom. The van der Waals surface area contributed by atoms with Crippen LogP contribution in [0.3, 0.4) is 0 Å². The fourth-order valence-corrected chi connectivity index (χ4v) is 5.83. The van der Waals surface area contributed by atoms with E-state index in [1.165, 1.54) is 51.4 Å². The Bertz CT molecular complexity index is 875. The van der Waals surface area contributed by atoms with Gasteiger partial charge in [-0.15, -0.1) is 0 Å². The molecule has 1 fully saturated rings. The standard InChI is InChI=1S/C26H33NO/c1-26(2,3)23-15-19(12-13-20(23)16-27)25(28-4)24-18-9-7-11-22(24)21-10-6-5-8-17(21)14-18/h12-13,15,18,22H,5-11,14H2,1-4H3/b25-24+. The molecule has 1 aromatic carbocycles. The molecule has 0 amide bonds. The van der Waals surface area contributed by atoms with Gasteiger partial charge in [0.05, 0.1) is 18.7 Å². The maximum absolute atomic E-state index is 9.58. The second-order valence-electron chi connectivity index (χ2n) is 9.83. The van der Waals surface area contributed by atoms with Crippen molar-refractivity contribution >= 4 is 5.76 Å². The van der Waals surface area contributed by atoms with Crippen molar-refractivity contribution in [3.63, 3.8) is 0 Å². The first kappa shape index (κ1) is 19.3. The number of benzene rings is 1. The molecule has 0 spiro atoms. The number of hydrogen-bond donors (Lipinski definition) is 0. The van der Waals surface area contributed by atoms with Gasteiger partial charge in [0, 0.05) is 11.5 Å². The van der Waals surface area contributed by atoms with E-state index in [1.54, 1.807) is 16.7 Å². The van der Waals surface area contributed by atoms with Gasteiger partial charge in [-0.3, -0.25) is 0 Å². The molecule has 2 heteroatoms. The number of methoxy groups -OCH3 is 1. The van der Waals surface area contributed by atoms with Crippen molar-refractivity contribution < 1.29 is 4.74 Å². The molecule has 2 nitrogen and oxygen atoms in total. The summed E-state index contributed by atoms with van der Waals surface area (Å²) in [5.74, 6) is 2.31. The van der Waals surface area contributed by atoms with E-state index in [2.05, 4.69) is 39.0 Å². The number of hydrogen-bond acceptors (Lipinski definition) is 2. The number of nitriles is 1. The van der Waals surface area contributed by atoms with Crippen molar-refractivity contribution in [1.82, 2.24) is 0 Å². The summed E-state index contributed by atoms with van der Waals surface area (Å²) < 4.78 is 6.11. The Kier molecular flexibility index (Phi) is 5.13. The molecular weight excluding hydrogens is 342 g/mol. The van der Waals surface area contributed by atoms with E-state index in [0.29, 0.717) is 11.8 Å². The van der Waals surface area contributed by atoms with Crippen LogP contribution in [0.25, 0.3) is 5.76 Å². The smallest absolute Gasteiger partial charge is 0.126 e. The largest absolute Gasteiger partial charge is 0.496 e. The predicted octanol–water partition coefficient (Wildman–Crippen LogP) is 6.90. The van der Waals surface area contributed by atoms with E-state index in [4.69, 9.17) is 4.74 Å². The van der Waals surface area contributed by atoms with Gasteiger partial charge in [-0.2, -0.15) is 5.26 Å². The lowest BCUT2D eigenvalue weighted by Crippen LogP contribution is -2.30. The lowest BCUT2D eigenvalue weighted by molar-refractivity contribution is 0.311. The average Bonchev–Trinajstić information content (AvgIpc) is 2.68. The molecule has 0 radical (unpaired) electrons. The molecule has 3 aliphatic carbocycles. The second-order valence-corrected chi connectivity index (χ2v) is 9.83. The molecule has 0 heterocycles. The van der Waals surface area contributed by atoms with Crippen molar-refractivity contribution in [3.8, 4) is 6.07 Å². The molecule has 28 heavy (non-hydrogen) atoms. The number of rotatable bonds is 2. The van der Waals surface area contributed by atoms with Gasteiger partial charge in [-0.05, 0) is 85.6 Å². The Morgan fingerprint density at radius 1 is 1.11 bits per heavy atom. The minimum absolute atomic E-state index is 0.0634. The zero-order valence-corrected chi connectivity index (χ0v) is 17.9. The Labute approximate surface area is 170 Å². The number of ether oxygens (including phenoxy) is 1. The maximum Gasteiger partial charge on any atom is 0.126 e. The molecule has 2 atom stereocenters. The van der Waals surface area contributed by atoms with Crippen molar-refractivity contribution in [3.05, 3.63) is 51.6 Å². The zero-order valence-electron chi connectivity index (χ0n) is 17.9. The van der Waals surface area contributed by atoms with Crippen LogP contribution in [0.2, 0.25) is 0 Å². The highest BCUT2D eigenvalue weighted by molar-refractivity contribution is 5.68. The highest BCUT2D eigenvalue weighted by Gasteiger charge is 2.39. The number of allylic oxidation sites excluding steroid dienone is 3. The van der Waals surface area contributed by atoms with Crippen LogP contribution >= 0.6 is 0 Å². The van der Waals surface area contributed by atoms with Gasteiger partial charge in [0.2, 0.25) is 0 Å². The van der Waals surface area contributed by atoms with Gasteiger partial charge in [-0.1, -0.05) is 38.3 Å². The van der Waals surface area contributed by atoms with Gasteiger partial charge in [0.15, 0.2) is 0 Å². The van der Waals surface area contributed by atoms with Crippen LogP contribution < -0.4 is 0 Å². The van der Waals surface area contributed by atoms with Crippen LogP contribution in [0.15, 0.2) is 34.9 Å². The first-order valence-corrected chi connectivity index (χ1v) is 11.0. The van der Waals surface area contributed by atoms with Crippen molar-refractivity contribution in [2.45, 2.75) is 77.6 Å². The van der Waals surface area contributed by atoms with E-state index in [-0.39, 0.29) is 5.41 Å². The van der Waals surface area contributed by atoms with Crippen LogP contribution in [-0.4, -0.2) is 7.11 Å². The minimum Gasteiger partial charge on any atom is -0.496 e. The highest BCUT2D eigenvalue weighted by Crippen LogP contribution is 2.53. The molecule has 0 aromatic heterocycles. The van der Waals surface area contributed by atoms with E-state index in [9.17, 15) is 5.26 Å². The van der Waals surface area contributed by atoms with Crippen LogP contribution in [0.1, 0.15) is 88.8 Å². The van der Waals surface area contributed by atoms with Crippen LogP contribution in [-0.2, 0) is 10.2 Å². The summed E-state index contributed by atoms with van der Waals surface area (Å²) in [5, 5.41) is 9.58. The third-order valence-electron chi connectivity index (χ3n) is 7.08. The third-order valence-corrected chi connectivity index (χ3v) is 7.08. The van der Waals surface area contributed by atoms with Gasteiger partial charge in [0.25, 0.3) is 0 Å². The summed E-state index contributed by atoms with van der Waals surface area (Å²) in [6.07, 6.45) is 10.5. The molecule has 1 aromatic rings. The van der Waals surface area contributed by atoms with Gasteiger partial charge < -0.3 is 4.74 Å². The summed E-state index contributed by atoms with van der Waals surface area (Å²) >= 11 is 0. The van der Waals surface area contributed by atoms with Crippen molar-refractivity contribution in [1.29, 1.82) is 5.26 Å². The maximum atomic E-state index is 9.58. The molecule has 1 saturated carbocycles. The molecule has 3 aliphatic rings. The quantitative estimate of drug-likeness (QED) is 0.416. The van der Waals surface area contributed by atoms with Gasteiger partial charge in [-0.25, -0.2) is 0 Å². The van der Waals surface area contributed by atoms with Crippen molar-refractivity contribution in [2.24, 2.45) is 11.8 Å². The van der Waals surface area contributed by atoms with Crippen LogP contribution in [0.4, 0.5) is 0 Å². The van der Waals surface area contributed by atoms with Crippen LogP contribution in [0, 0.1) is 23.2 Å². The molecule has 2 bridgehead atoms. The van der Waals surface area contributed by atoms with Crippen LogP contribution in [0.5, 0.6) is 0 Å². The lowest BCUT2D eigenvalue weighted by atomic mass is 9.62. The molecule has 0 aliphatic heterocycles. The Hall–Kier alpha value is -2.01. The highest BCUT2D eigenvalue weighted by atomic mass is 16.5. The average molecular weight is 376 g/mol. The number of fused-ring (bicyclic) bond motifs is 3. The minimum atomic E-state index is -0.0634. The first-order valence-electron chi connectivity index (χ1n) is 11.0. The zero-order chi connectivity index (χ0) is 19.9. The number of nitrogens with zero attached hydrogens (tertiary/aromatic N) is 1. The fraction of sp³-hybridized carbons (Fsp3) is 0.577. The predicted molar refractivity (Wildman–Crippen MR) is 115 cm³/mol. The lowest BCUT2D eigenvalue weighted by Gasteiger charge is -2.43.